The number of hydrogen-bond donors (Lipinski definition) is 1. The van der Waals surface area contributed by atoms with Crippen LogP contribution in [0, 0.1) is 0 Å². The molecule has 0 saturated heterocycles. The summed E-state index contributed by atoms with van der Waals surface area (Å²) in [7, 11) is 0. The molecular weight excluding hydrogens is 200 g/mol. The quantitative estimate of drug-likeness (QED) is 0.847. The molecular formula is C12H16N4. The predicted molar refractivity (Wildman–Crippen MR) is 63.3 cm³/mol. The van der Waals surface area contributed by atoms with Crippen molar-refractivity contribution in [2.24, 2.45) is 0 Å². The third kappa shape index (κ3) is 2.67. The average Bonchev–Trinajstić information content (AvgIpc) is 2.80. The Morgan fingerprint density at radius 3 is 2.94 bits per heavy atom. The summed E-state index contributed by atoms with van der Waals surface area (Å²) >= 11 is 0. The smallest absolute Gasteiger partial charge is 0.153 e. The van der Waals surface area contributed by atoms with Gasteiger partial charge in [0.05, 0.1) is 0 Å². The van der Waals surface area contributed by atoms with Crippen LogP contribution in [0.3, 0.4) is 0 Å². The zero-order valence-electron chi connectivity index (χ0n) is 9.59. The second kappa shape index (κ2) is 4.90. The number of pyridine rings is 1. The lowest BCUT2D eigenvalue weighted by molar-refractivity contribution is 0.588. The highest BCUT2D eigenvalue weighted by Crippen LogP contribution is 2.06. The van der Waals surface area contributed by atoms with Crippen LogP contribution in [0.4, 0.5) is 0 Å². The molecule has 0 unspecified atom stereocenters. The molecule has 0 saturated carbocycles. The molecule has 2 aromatic rings. The van der Waals surface area contributed by atoms with E-state index in [1.807, 2.05) is 30.6 Å². The van der Waals surface area contributed by atoms with Gasteiger partial charge in [0.1, 0.15) is 0 Å². The van der Waals surface area contributed by atoms with Gasteiger partial charge in [-0.2, -0.15) is 5.10 Å². The van der Waals surface area contributed by atoms with Crippen molar-refractivity contribution in [1.82, 2.24) is 20.1 Å². The SMILES string of the molecule is CC(C)NCc1ccnc(-n2cccn2)c1. The fraction of sp³-hybridized carbons (Fsp3) is 0.333. The van der Waals surface area contributed by atoms with Gasteiger partial charge < -0.3 is 5.32 Å². The molecule has 2 rings (SSSR count). The first-order chi connectivity index (χ1) is 7.75. The van der Waals surface area contributed by atoms with Crippen molar-refractivity contribution in [1.29, 1.82) is 0 Å². The van der Waals surface area contributed by atoms with Crippen LogP contribution in [-0.4, -0.2) is 20.8 Å². The summed E-state index contributed by atoms with van der Waals surface area (Å²) in [6.45, 7) is 5.12. The topological polar surface area (TPSA) is 42.7 Å². The van der Waals surface area contributed by atoms with Crippen molar-refractivity contribution < 1.29 is 0 Å². The zero-order chi connectivity index (χ0) is 11.4. The van der Waals surface area contributed by atoms with Gasteiger partial charge in [-0.15, -0.1) is 0 Å². The van der Waals surface area contributed by atoms with E-state index < -0.39 is 0 Å². The molecule has 4 heteroatoms. The van der Waals surface area contributed by atoms with E-state index in [1.54, 1.807) is 10.9 Å². The number of aromatic nitrogens is 3. The first kappa shape index (κ1) is 10.8. The van der Waals surface area contributed by atoms with Crippen LogP contribution in [-0.2, 0) is 6.54 Å². The summed E-state index contributed by atoms with van der Waals surface area (Å²) in [5.41, 5.74) is 1.22. The highest BCUT2D eigenvalue weighted by atomic mass is 15.3. The van der Waals surface area contributed by atoms with Gasteiger partial charge >= 0.3 is 0 Å². The minimum atomic E-state index is 0.487. The molecule has 0 aliphatic carbocycles. The van der Waals surface area contributed by atoms with Gasteiger partial charge in [0.15, 0.2) is 5.82 Å². The maximum Gasteiger partial charge on any atom is 0.153 e. The van der Waals surface area contributed by atoms with Crippen molar-refractivity contribution in [3.05, 3.63) is 42.4 Å². The lowest BCUT2D eigenvalue weighted by atomic mass is 10.2. The summed E-state index contributed by atoms with van der Waals surface area (Å²) in [5, 5.41) is 7.53. The van der Waals surface area contributed by atoms with Gasteiger partial charge in [0, 0.05) is 31.2 Å². The van der Waals surface area contributed by atoms with Crippen molar-refractivity contribution in [2.45, 2.75) is 26.4 Å². The summed E-state index contributed by atoms with van der Waals surface area (Å²) in [6.07, 6.45) is 5.46. The second-order valence-electron chi connectivity index (χ2n) is 4.01. The summed E-state index contributed by atoms with van der Waals surface area (Å²) in [5.74, 6) is 0.855. The molecule has 0 fully saturated rings. The zero-order valence-corrected chi connectivity index (χ0v) is 9.59. The van der Waals surface area contributed by atoms with Crippen molar-refractivity contribution in [2.75, 3.05) is 0 Å². The molecule has 84 valence electrons. The Kier molecular flexibility index (Phi) is 3.31. The maximum atomic E-state index is 4.28. The van der Waals surface area contributed by atoms with Crippen molar-refractivity contribution in [3.8, 4) is 5.82 Å². The molecule has 2 heterocycles. The standard InChI is InChI=1S/C12H16N4/c1-10(2)14-9-11-4-6-13-12(8-11)16-7-3-5-15-16/h3-8,10,14H,9H2,1-2H3. The molecule has 1 N–H and O–H groups in total. The van der Waals surface area contributed by atoms with Crippen molar-refractivity contribution >= 4 is 0 Å². The van der Waals surface area contributed by atoms with E-state index in [9.17, 15) is 0 Å². The van der Waals surface area contributed by atoms with Gasteiger partial charge in [0.2, 0.25) is 0 Å². The van der Waals surface area contributed by atoms with Crippen LogP contribution in [0.25, 0.3) is 5.82 Å². The monoisotopic (exact) mass is 216 g/mol. The molecule has 16 heavy (non-hydrogen) atoms. The fourth-order valence-corrected chi connectivity index (χ4v) is 1.42. The first-order valence-electron chi connectivity index (χ1n) is 5.44. The molecule has 0 aliphatic heterocycles. The highest BCUT2D eigenvalue weighted by Gasteiger charge is 2.00. The molecule has 0 bridgehead atoms. The molecule has 0 amide bonds. The van der Waals surface area contributed by atoms with E-state index in [4.69, 9.17) is 0 Å². The van der Waals surface area contributed by atoms with E-state index in [0.717, 1.165) is 12.4 Å². The Bertz CT molecular complexity index is 434. The Labute approximate surface area is 95.3 Å². The summed E-state index contributed by atoms with van der Waals surface area (Å²) < 4.78 is 1.76. The molecule has 2 aromatic heterocycles. The van der Waals surface area contributed by atoms with Gasteiger partial charge in [-0.3, -0.25) is 0 Å². The Balaban J connectivity index is 2.14. The van der Waals surface area contributed by atoms with E-state index >= 15 is 0 Å². The van der Waals surface area contributed by atoms with Gasteiger partial charge in [-0.05, 0) is 23.8 Å². The van der Waals surface area contributed by atoms with E-state index in [2.05, 4.69) is 29.2 Å². The number of nitrogens with zero attached hydrogens (tertiary/aromatic N) is 3. The van der Waals surface area contributed by atoms with Crippen LogP contribution in [0.15, 0.2) is 36.8 Å². The molecule has 0 aliphatic rings. The predicted octanol–water partition coefficient (Wildman–Crippen LogP) is 1.77. The van der Waals surface area contributed by atoms with Crippen LogP contribution in [0.1, 0.15) is 19.4 Å². The highest BCUT2D eigenvalue weighted by molar-refractivity contribution is 5.26. The van der Waals surface area contributed by atoms with Gasteiger partial charge in [-0.25, -0.2) is 9.67 Å². The fourth-order valence-electron chi connectivity index (χ4n) is 1.42. The molecule has 0 radical (unpaired) electrons. The molecule has 0 spiro atoms. The Morgan fingerprint density at radius 1 is 1.38 bits per heavy atom. The third-order valence-corrected chi connectivity index (χ3v) is 2.26. The van der Waals surface area contributed by atoms with E-state index in [1.165, 1.54) is 5.56 Å². The van der Waals surface area contributed by atoms with Crippen LogP contribution < -0.4 is 5.32 Å². The van der Waals surface area contributed by atoms with Crippen molar-refractivity contribution in [3.63, 3.8) is 0 Å². The lowest BCUT2D eigenvalue weighted by Crippen LogP contribution is -2.21. The minimum absolute atomic E-state index is 0.487. The lowest BCUT2D eigenvalue weighted by Gasteiger charge is -2.08. The molecule has 0 atom stereocenters. The maximum absolute atomic E-state index is 4.28. The average molecular weight is 216 g/mol. The Morgan fingerprint density at radius 2 is 2.25 bits per heavy atom. The normalized spacial score (nSPS) is 10.9. The molecule has 4 nitrogen and oxygen atoms in total. The third-order valence-electron chi connectivity index (χ3n) is 2.26. The summed E-state index contributed by atoms with van der Waals surface area (Å²) in [4.78, 5) is 4.28. The van der Waals surface area contributed by atoms with Crippen LogP contribution in [0.5, 0.6) is 0 Å². The van der Waals surface area contributed by atoms with E-state index in [0.29, 0.717) is 6.04 Å². The van der Waals surface area contributed by atoms with Gasteiger partial charge in [0.25, 0.3) is 0 Å². The minimum Gasteiger partial charge on any atom is -0.310 e. The van der Waals surface area contributed by atoms with Crippen LogP contribution in [0.2, 0.25) is 0 Å². The first-order valence-corrected chi connectivity index (χ1v) is 5.44. The number of hydrogen-bond acceptors (Lipinski definition) is 3. The Hall–Kier alpha value is -1.68. The summed E-state index contributed by atoms with van der Waals surface area (Å²) in [6, 6.07) is 6.44. The van der Waals surface area contributed by atoms with E-state index in [-0.39, 0.29) is 0 Å². The number of nitrogens with one attached hydrogen (secondary N) is 1. The molecule has 0 aromatic carbocycles. The largest absolute Gasteiger partial charge is 0.310 e. The number of rotatable bonds is 4. The van der Waals surface area contributed by atoms with Crippen LogP contribution >= 0.6 is 0 Å². The second-order valence-corrected chi connectivity index (χ2v) is 4.01. The van der Waals surface area contributed by atoms with Gasteiger partial charge in [-0.1, -0.05) is 13.8 Å².